The summed E-state index contributed by atoms with van der Waals surface area (Å²) in [5.74, 6) is -0.943. The number of aliphatic hydroxyl groups excluding tert-OH is 1. The minimum absolute atomic E-state index is 0.0590. The van der Waals surface area contributed by atoms with Crippen molar-refractivity contribution in [3.63, 3.8) is 0 Å². The molecular weight excluding hydrogens is 523 g/mol. The molecule has 0 saturated carbocycles. The molecule has 0 aliphatic carbocycles. The Morgan fingerprint density at radius 3 is 2.44 bits per heavy atom. The Labute approximate surface area is 219 Å². The fraction of sp³-hybridized carbons (Fsp3) is 0.115. The first-order valence-electron chi connectivity index (χ1n) is 10.9. The zero-order valence-corrected chi connectivity index (χ0v) is 20.7. The van der Waals surface area contributed by atoms with Crippen molar-refractivity contribution in [3.8, 4) is 11.5 Å². The highest BCUT2D eigenvalue weighted by Gasteiger charge is 2.48. The molecule has 0 unspecified atom stereocenters. The second kappa shape index (κ2) is 8.81. The van der Waals surface area contributed by atoms with Crippen molar-refractivity contribution < 1.29 is 24.2 Å². The van der Waals surface area contributed by atoms with Gasteiger partial charge in [0, 0.05) is 15.6 Å². The number of fused-ring (bicyclic) bond motifs is 2. The fourth-order valence-corrected chi connectivity index (χ4v) is 5.72. The number of ketones is 1. The van der Waals surface area contributed by atoms with Gasteiger partial charge in [-0.25, -0.2) is 4.98 Å². The van der Waals surface area contributed by atoms with Crippen molar-refractivity contribution in [2.75, 3.05) is 18.1 Å². The third kappa shape index (κ3) is 3.78. The van der Waals surface area contributed by atoms with E-state index >= 15 is 0 Å². The van der Waals surface area contributed by atoms with Crippen LogP contribution in [0, 0.1) is 0 Å². The molecule has 36 heavy (non-hydrogen) atoms. The molecule has 10 heteroatoms. The molecule has 1 amide bonds. The predicted octanol–water partition coefficient (Wildman–Crippen LogP) is 6.00. The number of carbonyl (C=O) groups excluding carboxylic acids is 2. The van der Waals surface area contributed by atoms with Crippen LogP contribution >= 0.6 is 34.5 Å². The summed E-state index contributed by atoms with van der Waals surface area (Å²) in [5.41, 5.74) is 1.50. The molecule has 2 aliphatic rings. The zero-order valence-electron chi connectivity index (χ0n) is 18.4. The molecule has 180 valence electrons. The first-order chi connectivity index (χ1) is 17.4. The lowest BCUT2D eigenvalue weighted by Gasteiger charge is -2.23. The first-order valence-corrected chi connectivity index (χ1v) is 12.5. The molecule has 1 fully saturated rings. The Hall–Kier alpha value is -3.59. The average molecular weight is 539 g/mol. The number of benzene rings is 3. The SMILES string of the molecule is O=C1C(=O)N(c2nc3ccc(Cl)cc3s2)[C@@H](c2ccc(Cl)cc2)/C1=C(\O)c1ccc2c(c1)OCCO2. The smallest absolute Gasteiger partial charge is 0.301 e. The minimum atomic E-state index is -0.925. The largest absolute Gasteiger partial charge is 0.507 e. The summed E-state index contributed by atoms with van der Waals surface area (Å²) < 4.78 is 11.9. The molecule has 1 saturated heterocycles. The van der Waals surface area contributed by atoms with Crippen LogP contribution in [-0.4, -0.2) is 35.0 Å². The lowest BCUT2D eigenvalue weighted by Crippen LogP contribution is -2.29. The molecule has 4 aromatic rings. The van der Waals surface area contributed by atoms with E-state index in [0.29, 0.717) is 56.5 Å². The van der Waals surface area contributed by atoms with Gasteiger partial charge in [0.05, 0.1) is 21.8 Å². The average Bonchev–Trinajstić information content (AvgIpc) is 3.41. The van der Waals surface area contributed by atoms with Crippen molar-refractivity contribution in [3.05, 3.63) is 87.4 Å². The van der Waals surface area contributed by atoms with Crippen LogP contribution in [0.2, 0.25) is 10.0 Å². The van der Waals surface area contributed by atoms with E-state index in [2.05, 4.69) is 4.98 Å². The first kappa shape index (κ1) is 22.8. The highest BCUT2D eigenvalue weighted by atomic mass is 35.5. The lowest BCUT2D eigenvalue weighted by atomic mass is 9.95. The van der Waals surface area contributed by atoms with Gasteiger partial charge in [-0.1, -0.05) is 46.7 Å². The zero-order chi connectivity index (χ0) is 25.0. The predicted molar refractivity (Wildman–Crippen MR) is 138 cm³/mol. The van der Waals surface area contributed by atoms with Crippen LogP contribution in [0.5, 0.6) is 11.5 Å². The van der Waals surface area contributed by atoms with E-state index in [-0.39, 0.29) is 11.3 Å². The van der Waals surface area contributed by atoms with Crippen molar-refractivity contribution >= 4 is 67.3 Å². The number of ether oxygens (including phenoxy) is 2. The summed E-state index contributed by atoms with van der Waals surface area (Å²) in [6, 6.07) is 15.9. The van der Waals surface area contributed by atoms with Crippen LogP contribution < -0.4 is 14.4 Å². The van der Waals surface area contributed by atoms with Crippen LogP contribution in [0.1, 0.15) is 17.2 Å². The van der Waals surface area contributed by atoms with Crippen molar-refractivity contribution in [2.24, 2.45) is 0 Å². The lowest BCUT2D eigenvalue weighted by molar-refractivity contribution is -0.132. The summed E-state index contributed by atoms with van der Waals surface area (Å²) in [6.07, 6.45) is 0. The molecule has 0 radical (unpaired) electrons. The maximum Gasteiger partial charge on any atom is 0.301 e. The van der Waals surface area contributed by atoms with E-state index in [9.17, 15) is 14.7 Å². The number of thiazole rings is 1. The number of amides is 1. The molecule has 7 nitrogen and oxygen atoms in total. The second-order valence-electron chi connectivity index (χ2n) is 8.19. The molecule has 1 N–H and O–H groups in total. The van der Waals surface area contributed by atoms with Gasteiger partial charge < -0.3 is 14.6 Å². The summed E-state index contributed by atoms with van der Waals surface area (Å²) in [6.45, 7) is 0.793. The highest BCUT2D eigenvalue weighted by molar-refractivity contribution is 7.22. The highest BCUT2D eigenvalue weighted by Crippen LogP contribution is 2.45. The quantitative estimate of drug-likeness (QED) is 0.195. The maximum absolute atomic E-state index is 13.4. The number of hydrogen-bond donors (Lipinski definition) is 1. The van der Waals surface area contributed by atoms with Crippen molar-refractivity contribution in [2.45, 2.75) is 6.04 Å². The Morgan fingerprint density at radius 1 is 0.944 bits per heavy atom. The van der Waals surface area contributed by atoms with Gasteiger partial charge in [-0.15, -0.1) is 0 Å². The molecule has 1 aromatic heterocycles. The summed E-state index contributed by atoms with van der Waals surface area (Å²) in [4.78, 5) is 32.7. The molecule has 3 heterocycles. The molecule has 3 aromatic carbocycles. The number of halogens is 2. The molecule has 0 spiro atoms. The second-order valence-corrected chi connectivity index (χ2v) is 10.1. The van der Waals surface area contributed by atoms with Crippen molar-refractivity contribution in [1.29, 1.82) is 0 Å². The molecule has 0 bridgehead atoms. The van der Waals surface area contributed by atoms with Crippen molar-refractivity contribution in [1.82, 2.24) is 4.98 Å². The number of aromatic nitrogens is 1. The molecule has 6 rings (SSSR count). The van der Waals surface area contributed by atoms with E-state index in [4.69, 9.17) is 32.7 Å². The van der Waals surface area contributed by atoms with E-state index in [0.717, 1.165) is 4.70 Å². The van der Waals surface area contributed by atoms with Gasteiger partial charge in [0.25, 0.3) is 5.78 Å². The fourth-order valence-electron chi connectivity index (χ4n) is 4.33. The van der Waals surface area contributed by atoms with Gasteiger partial charge >= 0.3 is 5.91 Å². The number of rotatable bonds is 3. The number of aliphatic hydroxyl groups is 1. The normalized spacial score (nSPS) is 18.7. The third-order valence-electron chi connectivity index (χ3n) is 5.99. The van der Waals surface area contributed by atoms with Gasteiger partial charge in [0.15, 0.2) is 16.6 Å². The Kier molecular flexibility index (Phi) is 5.59. The van der Waals surface area contributed by atoms with E-state index in [1.54, 1.807) is 60.7 Å². The number of nitrogens with zero attached hydrogens (tertiary/aromatic N) is 2. The maximum atomic E-state index is 13.4. The number of Topliss-reactive ketones (excluding diaryl/α,β-unsaturated/α-hetero) is 1. The third-order valence-corrected chi connectivity index (χ3v) is 7.50. The summed E-state index contributed by atoms with van der Waals surface area (Å²) >= 11 is 13.5. The van der Waals surface area contributed by atoms with Crippen LogP contribution in [-0.2, 0) is 9.59 Å². The van der Waals surface area contributed by atoms with E-state index in [1.165, 1.54) is 16.2 Å². The molecule has 2 aliphatic heterocycles. The number of hydrogen-bond acceptors (Lipinski definition) is 7. The van der Waals surface area contributed by atoms with Gasteiger partial charge in [-0.3, -0.25) is 14.5 Å². The Bertz CT molecular complexity index is 1580. The van der Waals surface area contributed by atoms with Gasteiger partial charge in [0.2, 0.25) is 0 Å². The van der Waals surface area contributed by atoms with Crippen LogP contribution in [0.15, 0.2) is 66.2 Å². The van der Waals surface area contributed by atoms with Crippen LogP contribution in [0.3, 0.4) is 0 Å². The van der Waals surface area contributed by atoms with Crippen LogP contribution in [0.4, 0.5) is 5.13 Å². The monoisotopic (exact) mass is 538 g/mol. The van der Waals surface area contributed by atoms with Gasteiger partial charge in [0.1, 0.15) is 19.0 Å². The number of anilines is 1. The van der Waals surface area contributed by atoms with Crippen LogP contribution in [0.25, 0.3) is 16.0 Å². The molecule has 1 atom stereocenters. The summed E-state index contributed by atoms with van der Waals surface area (Å²) in [7, 11) is 0. The van der Waals surface area contributed by atoms with E-state index in [1.807, 2.05) is 0 Å². The summed E-state index contributed by atoms with van der Waals surface area (Å²) in [5, 5.41) is 12.7. The topological polar surface area (TPSA) is 89.0 Å². The minimum Gasteiger partial charge on any atom is -0.507 e. The van der Waals surface area contributed by atoms with E-state index < -0.39 is 17.7 Å². The number of carbonyl (C=O) groups is 2. The van der Waals surface area contributed by atoms with Gasteiger partial charge in [-0.05, 0) is 54.1 Å². The standard InChI is InChI=1S/C26H16Cl2N2O5S/c27-15-4-1-13(2-5-15)22-21(23(31)14-3-8-18-19(11-14)35-10-9-34-18)24(32)25(33)30(22)26-29-17-7-6-16(28)12-20(17)36-26/h1-8,11-12,22,31H,9-10H2/b23-21+/t22-/m0/s1. The Morgan fingerprint density at radius 2 is 1.67 bits per heavy atom. The molecular formula is C26H16Cl2N2O5S. The Balaban J connectivity index is 1.54. The van der Waals surface area contributed by atoms with Gasteiger partial charge in [-0.2, -0.15) is 0 Å².